The number of aliphatic hydroxyl groups excluding tert-OH is 1. The number of anilines is 2. The lowest BCUT2D eigenvalue weighted by Crippen LogP contribution is -2.53. The van der Waals surface area contributed by atoms with Gasteiger partial charge >= 0.3 is 18.2 Å². The van der Waals surface area contributed by atoms with E-state index in [0.717, 1.165) is 11.1 Å². The van der Waals surface area contributed by atoms with E-state index >= 15 is 0 Å². The molecule has 0 unspecified atom stereocenters. The molecule has 0 aliphatic carbocycles. The van der Waals surface area contributed by atoms with Gasteiger partial charge in [-0.15, -0.1) is 0 Å². The van der Waals surface area contributed by atoms with Crippen molar-refractivity contribution in [3.8, 4) is 11.5 Å². The minimum atomic E-state index is -0.961. The van der Waals surface area contributed by atoms with Gasteiger partial charge in [0.1, 0.15) is 25.3 Å². The summed E-state index contributed by atoms with van der Waals surface area (Å²) >= 11 is 0. The van der Waals surface area contributed by atoms with Crippen molar-refractivity contribution in [2.24, 2.45) is 5.92 Å². The Hall–Kier alpha value is -6.62. The lowest BCUT2D eigenvalue weighted by molar-refractivity contribution is -0.143. The van der Waals surface area contributed by atoms with Crippen LogP contribution in [0.15, 0.2) is 73.3 Å². The standard InChI is InChI=1S/C44H55N5O12/c1-7-19-60-44(56)48-39(27(3)4)41(53)45-28(5)40(52)46-32-17-15-29(16-18-32)26-61-43(55)47-35-23-37(59-20-11-14-38(51)58-8-2)36(57-6)22-34(35)42(54)49-24-31-13-10-9-12-30(31)21-33(49)25-50/h7,9-10,12-13,15-18,22-23,27-28,33,39,50H,1,8,11,14,19-21,24-26H2,2-6H3,(H,45,53)(H,46,52)(H,47,55)(H,48,56)/t28-,33-,39-/m0/s1. The Morgan fingerprint density at radius 1 is 0.885 bits per heavy atom. The van der Waals surface area contributed by atoms with Crippen molar-refractivity contribution in [1.82, 2.24) is 15.5 Å². The van der Waals surface area contributed by atoms with Crippen LogP contribution in [-0.4, -0.2) is 97.5 Å². The van der Waals surface area contributed by atoms with Crippen molar-refractivity contribution in [1.29, 1.82) is 0 Å². The first-order valence-electron chi connectivity index (χ1n) is 20.0. The van der Waals surface area contributed by atoms with Crippen LogP contribution in [0.5, 0.6) is 11.5 Å². The minimum absolute atomic E-state index is 0.0241. The number of carbonyl (C=O) groups is 6. The van der Waals surface area contributed by atoms with Gasteiger partial charge in [-0.1, -0.05) is 62.9 Å². The molecule has 0 spiro atoms. The number of esters is 1. The van der Waals surface area contributed by atoms with Gasteiger partial charge in [-0.3, -0.25) is 24.5 Å². The number of aliphatic hydroxyl groups is 1. The lowest BCUT2D eigenvalue weighted by atomic mass is 9.93. The number of alkyl carbamates (subject to hydrolysis) is 1. The molecular formula is C44H55N5O12. The number of ether oxygens (including phenoxy) is 5. The number of rotatable bonds is 20. The third-order valence-corrected chi connectivity index (χ3v) is 9.58. The molecule has 5 N–H and O–H groups in total. The van der Waals surface area contributed by atoms with E-state index in [0.29, 0.717) is 24.1 Å². The van der Waals surface area contributed by atoms with Crippen LogP contribution in [0.1, 0.15) is 67.6 Å². The molecule has 61 heavy (non-hydrogen) atoms. The van der Waals surface area contributed by atoms with Gasteiger partial charge in [0.05, 0.1) is 44.2 Å². The Labute approximate surface area is 355 Å². The number of hydrogen-bond acceptors (Lipinski definition) is 12. The summed E-state index contributed by atoms with van der Waals surface area (Å²) in [6.07, 6.45) is 0.622. The van der Waals surface area contributed by atoms with Crippen LogP contribution in [0.3, 0.4) is 0 Å². The predicted molar refractivity (Wildman–Crippen MR) is 225 cm³/mol. The van der Waals surface area contributed by atoms with Gasteiger partial charge in [-0.05, 0) is 67.5 Å². The van der Waals surface area contributed by atoms with Crippen LogP contribution >= 0.6 is 0 Å². The van der Waals surface area contributed by atoms with Crippen molar-refractivity contribution < 1.29 is 57.6 Å². The molecule has 3 aromatic carbocycles. The Morgan fingerprint density at radius 3 is 2.26 bits per heavy atom. The highest BCUT2D eigenvalue weighted by molar-refractivity contribution is 6.04. The largest absolute Gasteiger partial charge is 0.493 e. The monoisotopic (exact) mass is 845 g/mol. The molecule has 0 bridgehead atoms. The highest BCUT2D eigenvalue weighted by Crippen LogP contribution is 2.36. The summed E-state index contributed by atoms with van der Waals surface area (Å²) in [6.45, 7) is 10.3. The first-order valence-corrected chi connectivity index (χ1v) is 20.0. The number of hydrogen-bond donors (Lipinski definition) is 5. The number of methoxy groups -OCH3 is 1. The highest BCUT2D eigenvalue weighted by atomic mass is 16.6. The van der Waals surface area contributed by atoms with Crippen LogP contribution in [-0.2, 0) is 48.2 Å². The molecule has 1 aliphatic rings. The van der Waals surface area contributed by atoms with Gasteiger partial charge in [-0.2, -0.15) is 0 Å². The molecular weight excluding hydrogens is 791 g/mol. The second-order valence-electron chi connectivity index (χ2n) is 14.4. The molecule has 328 valence electrons. The smallest absolute Gasteiger partial charge is 0.411 e. The van der Waals surface area contributed by atoms with E-state index in [-0.39, 0.29) is 80.6 Å². The summed E-state index contributed by atoms with van der Waals surface area (Å²) in [5.41, 5.74) is 3.07. The number of fused-ring (bicyclic) bond motifs is 1. The van der Waals surface area contributed by atoms with E-state index in [1.807, 2.05) is 24.3 Å². The van der Waals surface area contributed by atoms with Crippen LogP contribution in [0.25, 0.3) is 0 Å². The van der Waals surface area contributed by atoms with Crippen molar-refractivity contribution in [2.75, 3.05) is 44.2 Å². The fraction of sp³-hybridized carbons (Fsp3) is 0.409. The van der Waals surface area contributed by atoms with Crippen LogP contribution in [0.2, 0.25) is 0 Å². The normalized spacial score (nSPS) is 14.0. The maximum atomic E-state index is 14.3. The zero-order chi connectivity index (χ0) is 44.5. The third kappa shape index (κ3) is 13.7. The quantitative estimate of drug-likeness (QED) is 0.0434. The Bertz CT molecular complexity index is 2020. The highest BCUT2D eigenvalue weighted by Gasteiger charge is 2.33. The molecule has 1 heterocycles. The molecule has 0 fully saturated rings. The molecule has 0 saturated carbocycles. The summed E-state index contributed by atoms with van der Waals surface area (Å²) in [5.74, 6) is -1.80. The Kier molecular flexibility index (Phi) is 17.9. The molecule has 17 nitrogen and oxygen atoms in total. The maximum absolute atomic E-state index is 14.3. The first-order chi connectivity index (χ1) is 29.3. The summed E-state index contributed by atoms with van der Waals surface area (Å²) < 4.78 is 26.9. The maximum Gasteiger partial charge on any atom is 0.411 e. The number of nitrogens with zero attached hydrogens (tertiary/aromatic N) is 1. The zero-order valence-corrected chi connectivity index (χ0v) is 35.1. The average molecular weight is 846 g/mol. The van der Waals surface area contributed by atoms with Crippen molar-refractivity contribution in [3.05, 3.63) is 95.6 Å². The van der Waals surface area contributed by atoms with Crippen LogP contribution in [0, 0.1) is 5.92 Å². The number of carbonyl (C=O) groups excluding carboxylic acids is 6. The summed E-state index contributed by atoms with van der Waals surface area (Å²) in [5, 5.41) is 20.8. The predicted octanol–water partition coefficient (Wildman–Crippen LogP) is 5.11. The van der Waals surface area contributed by atoms with Gasteiger partial charge in [0.2, 0.25) is 11.8 Å². The molecule has 0 saturated heterocycles. The van der Waals surface area contributed by atoms with E-state index < -0.39 is 48.0 Å². The van der Waals surface area contributed by atoms with E-state index in [9.17, 15) is 33.9 Å². The van der Waals surface area contributed by atoms with Crippen molar-refractivity contribution >= 4 is 47.3 Å². The second kappa shape index (κ2) is 23.2. The van der Waals surface area contributed by atoms with Crippen LogP contribution in [0.4, 0.5) is 21.0 Å². The number of benzene rings is 3. The molecule has 1 aliphatic heterocycles. The fourth-order valence-electron chi connectivity index (χ4n) is 6.32. The second-order valence-corrected chi connectivity index (χ2v) is 14.4. The average Bonchev–Trinajstić information content (AvgIpc) is 3.25. The zero-order valence-electron chi connectivity index (χ0n) is 35.1. The van der Waals surface area contributed by atoms with E-state index in [4.69, 9.17) is 23.7 Å². The summed E-state index contributed by atoms with van der Waals surface area (Å²) in [4.78, 5) is 78.8. The third-order valence-electron chi connectivity index (χ3n) is 9.58. The summed E-state index contributed by atoms with van der Waals surface area (Å²) in [7, 11) is 1.41. The lowest BCUT2D eigenvalue weighted by Gasteiger charge is -2.36. The fourth-order valence-corrected chi connectivity index (χ4v) is 6.32. The Morgan fingerprint density at radius 2 is 1.61 bits per heavy atom. The van der Waals surface area contributed by atoms with Gasteiger partial charge in [0.25, 0.3) is 5.91 Å². The topological polar surface area (TPSA) is 220 Å². The number of amides is 5. The van der Waals surface area contributed by atoms with E-state index in [1.165, 1.54) is 32.2 Å². The molecule has 4 rings (SSSR count). The number of nitrogens with one attached hydrogen (secondary N) is 4. The van der Waals surface area contributed by atoms with Gasteiger partial charge in [0, 0.05) is 24.7 Å². The molecule has 0 radical (unpaired) electrons. The molecule has 5 amide bonds. The molecule has 3 atom stereocenters. The van der Waals surface area contributed by atoms with E-state index in [2.05, 4.69) is 27.8 Å². The van der Waals surface area contributed by atoms with Crippen molar-refractivity contribution in [2.45, 2.75) is 78.2 Å². The molecule has 0 aromatic heterocycles. The molecule has 17 heteroatoms. The Balaban J connectivity index is 1.43. The van der Waals surface area contributed by atoms with Gasteiger partial charge < -0.3 is 49.6 Å². The van der Waals surface area contributed by atoms with E-state index in [1.54, 1.807) is 49.9 Å². The first kappa shape index (κ1) is 47.1. The SMILES string of the molecule is C=CCOC(=O)N[C@H](C(=O)N[C@@H](C)C(=O)Nc1ccc(COC(=O)Nc2cc(OCCCC(=O)OCC)c(OC)cc2C(=O)N2Cc3ccccc3C[C@H]2CO)cc1)C(C)C. The minimum Gasteiger partial charge on any atom is -0.493 e. The molecule has 3 aromatic rings. The summed E-state index contributed by atoms with van der Waals surface area (Å²) in [6, 6.07) is 14.6. The van der Waals surface area contributed by atoms with Gasteiger partial charge in [0.15, 0.2) is 11.5 Å². The van der Waals surface area contributed by atoms with Gasteiger partial charge in [-0.25, -0.2) is 9.59 Å². The van der Waals surface area contributed by atoms with Crippen molar-refractivity contribution in [3.63, 3.8) is 0 Å². The van der Waals surface area contributed by atoms with Crippen LogP contribution < -0.4 is 30.7 Å².